The van der Waals surface area contributed by atoms with Crippen molar-refractivity contribution in [1.82, 2.24) is 4.31 Å². The summed E-state index contributed by atoms with van der Waals surface area (Å²) >= 11 is 3.18. The summed E-state index contributed by atoms with van der Waals surface area (Å²) in [4.78, 5) is 12.7. The summed E-state index contributed by atoms with van der Waals surface area (Å²) in [5.41, 5.74) is 1.02. The Hall–Kier alpha value is -1.97. The largest absolute Gasteiger partial charge is 0.495 e. The minimum atomic E-state index is -3.77. The molecule has 168 valence electrons. The molecule has 0 saturated carbocycles. The van der Waals surface area contributed by atoms with Crippen molar-refractivity contribution >= 4 is 37.5 Å². The molecule has 1 aliphatic rings. The first kappa shape index (κ1) is 23.7. The second-order valence-electron chi connectivity index (χ2n) is 7.86. The van der Waals surface area contributed by atoms with Crippen LogP contribution in [0.4, 0.5) is 10.1 Å². The van der Waals surface area contributed by atoms with Crippen LogP contribution in [0.2, 0.25) is 0 Å². The van der Waals surface area contributed by atoms with Crippen LogP contribution in [0.3, 0.4) is 0 Å². The van der Waals surface area contributed by atoms with Crippen molar-refractivity contribution in [2.45, 2.75) is 37.5 Å². The molecule has 31 heavy (non-hydrogen) atoms. The quantitative estimate of drug-likeness (QED) is 0.605. The van der Waals surface area contributed by atoms with Crippen LogP contribution < -0.4 is 10.1 Å². The smallest absolute Gasteiger partial charge is 0.246 e. The number of methoxy groups -OCH3 is 1. The van der Waals surface area contributed by atoms with Gasteiger partial charge in [0.1, 0.15) is 16.5 Å². The van der Waals surface area contributed by atoms with E-state index in [4.69, 9.17) is 4.74 Å². The Morgan fingerprint density at radius 3 is 2.45 bits per heavy atom. The Labute approximate surface area is 191 Å². The van der Waals surface area contributed by atoms with E-state index in [-0.39, 0.29) is 35.5 Å². The summed E-state index contributed by atoms with van der Waals surface area (Å²) in [6.45, 7) is 4.41. The standard InChI is InChI=1S/C22H26BrFN2O4S/c1-14(2)16-4-7-20(30-3)21(12-16)31(28,29)26-10-8-15(9-11-26)22(27)25-19-6-5-17(23)13-18(19)24/h4-7,12-15H,8-11H2,1-3H3,(H,25,27). The van der Waals surface area contributed by atoms with Crippen LogP contribution in [0.1, 0.15) is 38.2 Å². The molecule has 0 aromatic heterocycles. The van der Waals surface area contributed by atoms with E-state index in [0.29, 0.717) is 23.1 Å². The minimum Gasteiger partial charge on any atom is -0.495 e. The summed E-state index contributed by atoms with van der Waals surface area (Å²) in [5, 5.41) is 2.61. The molecule has 0 spiro atoms. The number of carbonyl (C=O) groups is 1. The van der Waals surface area contributed by atoms with Gasteiger partial charge in [0.15, 0.2) is 0 Å². The van der Waals surface area contributed by atoms with E-state index >= 15 is 0 Å². The fraction of sp³-hybridized carbons (Fsp3) is 0.409. The number of halogens is 2. The highest BCUT2D eigenvalue weighted by atomic mass is 79.9. The Morgan fingerprint density at radius 2 is 1.87 bits per heavy atom. The molecule has 1 heterocycles. The van der Waals surface area contributed by atoms with E-state index in [2.05, 4.69) is 21.2 Å². The highest BCUT2D eigenvalue weighted by Gasteiger charge is 2.34. The molecule has 1 saturated heterocycles. The number of hydrogen-bond acceptors (Lipinski definition) is 4. The average Bonchev–Trinajstić information content (AvgIpc) is 2.75. The van der Waals surface area contributed by atoms with Crippen LogP contribution >= 0.6 is 15.9 Å². The molecular formula is C22H26BrFN2O4S. The lowest BCUT2D eigenvalue weighted by Crippen LogP contribution is -2.41. The zero-order chi connectivity index (χ0) is 22.8. The molecule has 0 unspecified atom stereocenters. The summed E-state index contributed by atoms with van der Waals surface area (Å²) in [7, 11) is -2.32. The average molecular weight is 513 g/mol. The molecule has 1 fully saturated rings. The molecule has 0 bridgehead atoms. The predicted octanol–water partition coefficient (Wildman–Crippen LogP) is 4.76. The van der Waals surface area contributed by atoms with Crippen molar-refractivity contribution in [2.24, 2.45) is 5.92 Å². The van der Waals surface area contributed by atoms with Crippen LogP contribution in [-0.4, -0.2) is 38.8 Å². The maximum Gasteiger partial charge on any atom is 0.246 e. The van der Waals surface area contributed by atoms with Crippen molar-refractivity contribution in [1.29, 1.82) is 0 Å². The van der Waals surface area contributed by atoms with E-state index < -0.39 is 21.8 Å². The second-order valence-corrected chi connectivity index (χ2v) is 10.7. The zero-order valence-electron chi connectivity index (χ0n) is 17.7. The van der Waals surface area contributed by atoms with Crippen LogP contribution in [-0.2, 0) is 14.8 Å². The minimum absolute atomic E-state index is 0.110. The van der Waals surface area contributed by atoms with E-state index in [1.807, 2.05) is 19.9 Å². The van der Waals surface area contributed by atoms with Gasteiger partial charge >= 0.3 is 0 Å². The van der Waals surface area contributed by atoms with Gasteiger partial charge in [0.25, 0.3) is 0 Å². The van der Waals surface area contributed by atoms with Gasteiger partial charge in [-0.1, -0.05) is 35.8 Å². The van der Waals surface area contributed by atoms with Crippen LogP contribution in [0.25, 0.3) is 0 Å². The maximum atomic E-state index is 14.0. The van der Waals surface area contributed by atoms with Gasteiger partial charge in [0.2, 0.25) is 15.9 Å². The van der Waals surface area contributed by atoms with E-state index in [0.717, 1.165) is 5.56 Å². The number of hydrogen-bond donors (Lipinski definition) is 1. The van der Waals surface area contributed by atoms with Gasteiger partial charge in [-0.15, -0.1) is 0 Å². The third-order valence-corrected chi connectivity index (χ3v) is 7.90. The molecule has 0 atom stereocenters. The van der Waals surface area contributed by atoms with Crippen LogP contribution in [0, 0.1) is 11.7 Å². The SMILES string of the molecule is COc1ccc(C(C)C)cc1S(=O)(=O)N1CCC(C(=O)Nc2ccc(Br)cc2F)CC1. The third kappa shape index (κ3) is 5.27. The predicted molar refractivity (Wildman–Crippen MR) is 121 cm³/mol. The summed E-state index contributed by atoms with van der Waals surface area (Å²) < 4.78 is 47.8. The number of anilines is 1. The Balaban J connectivity index is 1.71. The number of amides is 1. The van der Waals surface area contributed by atoms with Gasteiger partial charge in [-0.05, 0) is 54.7 Å². The number of ether oxygens (including phenoxy) is 1. The molecule has 0 radical (unpaired) electrons. The van der Waals surface area contributed by atoms with Gasteiger partial charge in [-0.3, -0.25) is 4.79 Å². The topological polar surface area (TPSA) is 75.7 Å². The number of piperidine rings is 1. The van der Waals surface area contributed by atoms with Gasteiger partial charge in [-0.25, -0.2) is 12.8 Å². The second kappa shape index (κ2) is 9.67. The van der Waals surface area contributed by atoms with E-state index in [1.165, 1.54) is 23.5 Å². The maximum absolute atomic E-state index is 14.0. The van der Waals surface area contributed by atoms with E-state index in [1.54, 1.807) is 18.2 Å². The lowest BCUT2D eigenvalue weighted by atomic mass is 9.97. The van der Waals surface area contributed by atoms with Crippen molar-refractivity contribution in [3.63, 3.8) is 0 Å². The van der Waals surface area contributed by atoms with E-state index in [9.17, 15) is 17.6 Å². The molecule has 2 aromatic rings. The normalized spacial score (nSPS) is 15.8. The molecule has 0 aliphatic carbocycles. The Kier molecular flexibility index (Phi) is 7.39. The number of carbonyl (C=O) groups excluding carboxylic acids is 1. The summed E-state index contributed by atoms with van der Waals surface area (Å²) in [5.74, 6) is -0.751. The molecule has 6 nitrogen and oxygen atoms in total. The Bertz CT molecular complexity index is 1070. The highest BCUT2D eigenvalue weighted by molar-refractivity contribution is 9.10. The van der Waals surface area contributed by atoms with Crippen molar-refractivity contribution < 1.29 is 22.3 Å². The number of nitrogens with zero attached hydrogens (tertiary/aromatic N) is 1. The van der Waals surface area contributed by atoms with Gasteiger partial charge in [-0.2, -0.15) is 4.31 Å². The molecular weight excluding hydrogens is 487 g/mol. The fourth-order valence-corrected chi connectivity index (χ4v) is 5.57. The van der Waals surface area contributed by atoms with Gasteiger partial charge in [0, 0.05) is 23.5 Å². The highest BCUT2D eigenvalue weighted by Crippen LogP contribution is 2.32. The van der Waals surface area contributed by atoms with Gasteiger partial charge in [0.05, 0.1) is 12.8 Å². The summed E-state index contributed by atoms with van der Waals surface area (Å²) in [6, 6.07) is 9.62. The first-order chi connectivity index (χ1) is 14.6. The van der Waals surface area contributed by atoms with Crippen molar-refractivity contribution in [3.05, 3.63) is 52.3 Å². The molecule has 1 N–H and O–H groups in total. The van der Waals surface area contributed by atoms with Crippen LogP contribution in [0.5, 0.6) is 5.75 Å². The zero-order valence-corrected chi connectivity index (χ0v) is 20.1. The number of nitrogens with one attached hydrogen (secondary N) is 1. The monoisotopic (exact) mass is 512 g/mol. The summed E-state index contributed by atoms with van der Waals surface area (Å²) in [6.07, 6.45) is 0.713. The molecule has 3 rings (SSSR count). The first-order valence-electron chi connectivity index (χ1n) is 10.1. The lowest BCUT2D eigenvalue weighted by Gasteiger charge is -2.31. The lowest BCUT2D eigenvalue weighted by molar-refractivity contribution is -0.120. The fourth-order valence-electron chi connectivity index (χ4n) is 3.58. The molecule has 1 amide bonds. The third-order valence-electron chi connectivity index (χ3n) is 5.49. The number of benzene rings is 2. The molecule has 9 heteroatoms. The van der Waals surface area contributed by atoms with Gasteiger partial charge < -0.3 is 10.1 Å². The Morgan fingerprint density at radius 1 is 1.19 bits per heavy atom. The molecule has 2 aromatic carbocycles. The molecule has 1 aliphatic heterocycles. The first-order valence-corrected chi connectivity index (χ1v) is 12.3. The number of rotatable bonds is 6. The number of sulfonamides is 1. The van der Waals surface area contributed by atoms with Crippen molar-refractivity contribution in [3.8, 4) is 5.75 Å². The van der Waals surface area contributed by atoms with Crippen LogP contribution in [0.15, 0.2) is 45.8 Å². The van der Waals surface area contributed by atoms with Crippen molar-refractivity contribution in [2.75, 3.05) is 25.5 Å².